The molecule has 1 aromatic rings. The van der Waals surface area contributed by atoms with E-state index in [2.05, 4.69) is 42.9 Å². The lowest BCUT2D eigenvalue weighted by Gasteiger charge is -2.15. The van der Waals surface area contributed by atoms with E-state index in [1.165, 1.54) is 5.56 Å². The van der Waals surface area contributed by atoms with Crippen LogP contribution in [0.5, 0.6) is 0 Å². The quantitative estimate of drug-likeness (QED) is 0.756. The second-order valence-electron chi connectivity index (χ2n) is 3.56. The standard InChI is InChI=1S/C10H17NS/c1-8(2)11-9(3)6-10-4-5-12-7-10/h4-5,7-9,11H,6H2,1-3H3. The van der Waals surface area contributed by atoms with Crippen molar-refractivity contribution in [3.63, 3.8) is 0 Å². The van der Waals surface area contributed by atoms with Gasteiger partial charge in [-0.15, -0.1) is 0 Å². The molecular formula is C10H17NS. The summed E-state index contributed by atoms with van der Waals surface area (Å²) in [6.07, 6.45) is 1.14. The van der Waals surface area contributed by atoms with Gasteiger partial charge in [-0.2, -0.15) is 11.3 Å². The highest BCUT2D eigenvalue weighted by Crippen LogP contribution is 2.08. The van der Waals surface area contributed by atoms with Gasteiger partial charge < -0.3 is 5.32 Å². The molecule has 0 aliphatic rings. The summed E-state index contributed by atoms with van der Waals surface area (Å²) < 4.78 is 0. The number of rotatable bonds is 4. The summed E-state index contributed by atoms with van der Waals surface area (Å²) in [6.45, 7) is 6.60. The highest BCUT2D eigenvalue weighted by Gasteiger charge is 2.04. The maximum absolute atomic E-state index is 3.49. The monoisotopic (exact) mass is 183 g/mol. The van der Waals surface area contributed by atoms with Gasteiger partial charge in [0.2, 0.25) is 0 Å². The summed E-state index contributed by atoms with van der Waals surface area (Å²) in [5.74, 6) is 0. The Morgan fingerprint density at radius 3 is 2.67 bits per heavy atom. The summed E-state index contributed by atoms with van der Waals surface area (Å²) in [6, 6.07) is 3.36. The van der Waals surface area contributed by atoms with Gasteiger partial charge in [0, 0.05) is 12.1 Å². The lowest BCUT2D eigenvalue weighted by atomic mass is 10.1. The van der Waals surface area contributed by atoms with Gasteiger partial charge in [0.1, 0.15) is 0 Å². The third kappa shape index (κ3) is 3.37. The van der Waals surface area contributed by atoms with Crippen LogP contribution in [0.4, 0.5) is 0 Å². The molecule has 1 nitrogen and oxygen atoms in total. The molecule has 1 atom stereocenters. The minimum Gasteiger partial charge on any atom is -0.312 e. The molecule has 1 aromatic heterocycles. The molecule has 1 rings (SSSR count). The van der Waals surface area contributed by atoms with Crippen LogP contribution in [-0.4, -0.2) is 12.1 Å². The molecule has 0 fully saturated rings. The molecule has 1 heterocycles. The second-order valence-corrected chi connectivity index (χ2v) is 4.34. The van der Waals surface area contributed by atoms with E-state index >= 15 is 0 Å². The van der Waals surface area contributed by atoms with Crippen LogP contribution in [0, 0.1) is 0 Å². The van der Waals surface area contributed by atoms with Crippen molar-refractivity contribution in [2.24, 2.45) is 0 Å². The SMILES string of the molecule is CC(C)NC(C)Cc1ccsc1. The number of nitrogens with one attached hydrogen (secondary N) is 1. The van der Waals surface area contributed by atoms with E-state index in [4.69, 9.17) is 0 Å². The minimum absolute atomic E-state index is 0.582. The van der Waals surface area contributed by atoms with Crippen molar-refractivity contribution in [1.82, 2.24) is 5.32 Å². The van der Waals surface area contributed by atoms with Gasteiger partial charge in [-0.05, 0) is 35.7 Å². The van der Waals surface area contributed by atoms with Crippen LogP contribution in [-0.2, 0) is 6.42 Å². The number of hydrogen-bond donors (Lipinski definition) is 1. The van der Waals surface area contributed by atoms with Gasteiger partial charge in [0.25, 0.3) is 0 Å². The average molecular weight is 183 g/mol. The van der Waals surface area contributed by atoms with Gasteiger partial charge in [-0.3, -0.25) is 0 Å². The zero-order chi connectivity index (χ0) is 8.97. The van der Waals surface area contributed by atoms with Crippen LogP contribution in [0.25, 0.3) is 0 Å². The Bertz CT molecular complexity index is 204. The maximum atomic E-state index is 3.49. The van der Waals surface area contributed by atoms with Gasteiger partial charge in [0.05, 0.1) is 0 Å². The summed E-state index contributed by atoms with van der Waals surface area (Å²) in [5.41, 5.74) is 1.45. The van der Waals surface area contributed by atoms with Crippen LogP contribution >= 0.6 is 11.3 Å². The minimum atomic E-state index is 0.582. The van der Waals surface area contributed by atoms with E-state index < -0.39 is 0 Å². The maximum Gasteiger partial charge on any atom is 0.00818 e. The fraction of sp³-hybridized carbons (Fsp3) is 0.600. The number of hydrogen-bond acceptors (Lipinski definition) is 2. The second kappa shape index (κ2) is 4.63. The largest absolute Gasteiger partial charge is 0.312 e. The Kier molecular flexibility index (Phi) is 3.76. The highest BCUT2D eigenvalue weighted by atomic mass is 32.1. The molecule has 0 saturated carbocycles. The summed E-state index contributed by atoms with van der Waals surface area (Å²) in [4.78, 5) is 0. The van der Waals surface area contributed by atoms with Gasteiger partial charge in [-0.1, -0.05) is 13.8 Å². The molecule has 0 aliphatic heterocycles. The zero-order valence-electron chi connectivity index (χ0n) is 8.00. The molecule has 0 aliphatic carbocycles. The predicted octanol–water partition coefficient (Wildman–Crippen LogP) is 2.68. The Balaban J connectivity index is 2.32. The number of thiophene rings is 1. The zero-order valence-corrected chi connectivity index (χ0v) is 8.82. The van der Waals surface area contributed by atoms with E-state index in [0.29, 0.717) is 12.1 Å². The molecule has 0 aromatic carbocycles. The van der Waals surface area contributed by atoms with Crippen molar-refractivity contribution in [3.8, 4) is 0 Å². The fourth-order valence-electron chi connectivity index (χ4n) is 1.39. The van der Waals surface area contributed by atoms with Crippen molar-refractivity contribution >= 4 is 11.3 Å². The van der Waals surface area contributed by atoms with Crippen LogP contribution in [0.1, 0.15) is 26.3 Å². The average Bonchev–Trinajstić information content (AvgIpc) is 2.37. The molecule has 0 bridgehead atoms. The predicted molar refractivity (Wildman–Crippen MR) is 55.8 cm³/mol. The first-order valence-corrected chi connectivity index (χ1v) is 5.40. The van der Waals surface area contributed by atoms with Crippen molar-refractivity contribution in [3.05, 3.63) is 22.4 Å². The van der Waals surface area contributed by atoms with Crippen LogP contribution < -0.4 is 5.32 Å². The molecule has 1 unspecified atom stereocenters. The van der Waals surface area contributed by atoms with Crippen molar-refractivity contribution < 1.29 is 0 Å². The van der Waals surface area contributed by atoms with Crippen molar-refractivity contribution in [2.75, 3.05) is 0 Å². The van der Waals surface area contributed by atoms with Crippen molar-refractivity contribution in [1.29, 1.82) is 0 Å². The summed E-state index contributed by atoms with van der Waals surface area (Å²) >= 11 is 1.77. The molecule has 1 N–H and O–H groups in total. The van der Waals surface area contributed by atoms with Crippen LogP contribution in [0.3, 0.4) is 0 Å². The fourth-order valence-corrected chi connectivity index (χ4v) is 2.07. The van der Waals surface area contributed by atoms with Gasteiger partial charge >= 0.3 is 0 Å². The molecule has 12 heavy (non-hydrogen) atoms. The normalized spacial score (nSPS) is 13.7. The molecule has 68 valence electrons. The lowest BCUT2D eigenvalue weighted by Crippen LogP contribution is -2.33. The summed E-state index contributed by atoms with van der Waals surface area (Å²) in [5, 5.41) is 7.84. The van der Waals surface area contributed by atoms with E-state index in [1.54, 1.807) is 11.3 Å². The van der Waals surface area contributed by atoms with Gasteiger partial charge in [-0.25, -0.2) is 0 Å². The molecule has 0 radical (unpaired) electrons. The molecule has 0 saturated heterocycles. The van der Waals surface area contributed by atoms with E-state index in [-0.39, 0.29) is 0 Å². The first-order valence-electron chi connectivity index (χ1n) is 4.45. The molecule has 0 amide bonds. The Hall–Kier alpha value is -0.340. The lowest BCUT2D eigenvalue weighted by molar-refractivity contribution is 0.488. The Morgan fingerprint density at radius 2 is 2.17 bits per heavy atom. The van der Waals surface area contributed by atoms with Crippen LogP contribution in [0.2, 0.25) is 0 Å². The molecule has 0 spiro atoms. The van der Waals surface area contributed by atoms with Gasteiger partial charge in [0.15, 0.2) is 0 Å². The molecule has 2 heteroatoms. The first-order chi connectivity index (χ1) is 5.68. The van der Waals surface area contributed by atoms with E-state index in [0.717, 1.165) is 6.42 Å². The Labute approximate surface area is 78.8 Å². The first kappa shape index (κ1) is 9.75. The Morgan fingerprint density at radius 1 is 1.42 bits per heavy atom. The molecular weight excluding hydrogens is 166 g/mol. The topological polar surface area (TPSA) is 12.0 Å². The van der Waals surface area contributed by atoms with E-state index in [1.807, 2.05) is 0 Å². The van der Waals surface area contributed by atoms with E-state index in [9.17, 15) is 0 Å². The smallest absolute Gasteiger partial charge is 0.00818 e. The third-order valence-electron chi connectivity index (χ3n) is 1.74. The van der Waals surface area contributed by atoms with Crippen molar-refractivity contribution in [2.45, 2.75) is 39.3 Å². The highest BCUT2D eigenvalue weighted by molar-refractivity contribution is 7.07. The third-order valence-corrected chi connectivity index (χ3v) is 2.47. The summed E-state index contributed by atoms with van der Waals surface area (Å²) in [7, 11) is 0. The van der Waals surface area contributed by atoms with Crippen LogP contribution in [0.15, 0.2) is 16.8 Å².